The smallest absolute Gasteiger partial charge is 0.159 e. The summed E-state index contributed by atoms with van der Waals surface area (Å²) in [6.45, 7) is 2.03. The fourth-order valence-electron chi connectivity index (χ4n) is 1.05. The van der Waals surface area contributed by atoms with Crippen LogP contribution in [0.4, 0.5) is 0 Å². The predicted octanol–water partition coefficient (Wildman–Crippen LogP) is 1.07. The number of carbonyl (C=O) groups is 1. The summed E-state index contributed by atoms with van der Waals surface area (Å²) in [5.74, 6) is 0.242. The van der Waals surface area contributed by atoms with E-state index in [0.717, 1.165) is 5.57 Å². The van der Waals surface area contributed by atoms with E-state index in [1.54, 1.807) is 12.2 Å². The normalized spacial score (nSPS) is 19.8. The maximum atomic E-state index is 10.9. The zero-order valence-corrected chi connectivity index (χ0v) is 6.58. The van der Waals surface area contributed by atoms with Crippen LogP contribution < -0.4 is 0 Å². The SMILES string of the molecule is C[C@H](CO)C1=CC=CC(=O)C1. The minimum Gasteiger partial charge on any atom is -0.396 e. The summed E-state index contributed by atoms with van der Waals surface area (Å²) < 4.78 is 0. The molecule has 1 aliphatic carbocycles. The Morgan fingerprint density at radius 1 is 1.73 bits per heavy atom. The number of aliphatic hydroxyl groups is 1. The lowest BCUT2D eigenvalue weighted by Crippen LogP contribution is -2.10. The Kier molecular flexibility index (Phi) is 2.60. The summed E-state index contributed by atoms with van der Waals surface area (Å²) in [6, 6.07) is 0. The highest BCUT2D eigenvalue weighted by Crippen LogP contribution is 2.17. The van der Waals surface area contributed by atoms with Gasteiger partial charge in [-0.15, -0.1) is 0 Å². The summed E-state index contributed by atoms with van der Waals surface area (Å²) in [6.07, 6.45) is 5.68. The van der Waals surface area contributed by atoms with Gasteiger partial charge in [0.15, 0.2) is 5.78 Å². The lowest BCUT2D eigenvalue weighted by molar-refractivity contribution is -0.114. The van der Waals surface area contributed by atoms with Crippen molar-refractivity contribution in [3.63, 3.8) is 0 Å². The molecule has 0 bridgehead atoms. The number of allylic oxidation sites excluding steroid dienone is 3. The van der Waals surface area contributed by atoms with Crippen LogP contribution in [0.25, 0.3) is 0 Å². The highest BCUT2D eigenvalue weighted by molar-refractivity contribution is 5.93. The third kappa shape index (κ3) is 2.02. The average molecular weight is 152 g/mol. The highest BCUT2D eigenvalue weighted by atomic mass is 16.3. The van der Waals surface area contributed by atoms with E-state index in [2.05, 4.69) is 0 Å². The van der Waals surface area contributed by atoms with Crippen LogP contribution in [0.5, 0.6) is 0 Å². The van der Waals surface area contributed by atoms with Crippen molar-refractivity contribution in [2.24, 2.45) is 5.92 Å². The molecule has 0 spiro atoms. The van der Waals surface area contributed by atoms with Crippen LogP contribution in [0.3, 0.4) is 0 Å². The van der Waals surface area contributed by atoms with E-state index in [1.807, 2.05) is 13.0 Å². The fraction of sp³-hybridized carbons (Fsp3) is 0.444. The van der Waals surface area contributed by atoms with Crippen molar-refractivity contribution in [3.8, 4) is 0 Å². The van der Waals surface area contributed by atoms with Crippen molar-refractivity contribution in [3.05, 3.63) is 23.8 Å². The van der Waals surface area contributed by atoms with Gasteiger partial charge in [-0.3, -0.25) is 4.79 Å². The molecule has 0 aromatic carbocycles. The third-order valence-corrected chi connectivity index (χ3v) is 1.88. The number of hydrogen-bond acceptors (Lipinski definition) is 2. The Hall–Kier alpha value is -0.890. The molecule has 1 N–H and O–H groups in total. The molecular formula is C9H12O2. The fourth-order valence-corrected chi connectivity index (χ4v) is 1.05. The van der Waals surface area contributed by atoms with Gasteiger partial charge >= 0.3 is 0 Å². The van der Waals surface area contributed by atoms with Crippen molar-refractivity contribution in [1.29, 1.82) is 0 Å². The lowest BCUT2D eigenvalue weighted by Gasteiger charge is -2.13. The van der Waals surface area contributed by atoms with Gasteiger partial charge < -0.3 is 5.11 Å². The molecule has 0 aromatic heterocycles. The van der Waals surface area contributed by atoms with E-state index in [-0.39, 0.29) is 18.3 Å². The second-order valence-corrected chi connectivity index (χ2v) is 2.83. The van der Waals surface area contributed by atoms with Crippen LogP contribution in [-0.2, 0) is 4.79 Å². The van der Waals surface area contributed by atoms with Crippen molar-refractivity contribution in [2.45, 2.75) is 13.3 Å². The second kappa shape index (κ2) is 3.49. The van der Waals surface area contributed by atoms with Crippen LogP contribution >= 0.6 is 0 Å². The van der Waals surface area contributed by atoms with Gasteiger partial charge in [-0.1, -0.05) is 24.6 Å². The molecule has 60 valence electrons. The molecule has 1 atom stereocenters. The maximum absolute atomic E-state index is 10.9. The molecule has 0 saturated heterocycles. The van der Waals surface area contributed by atoms with Crippen molar-refractivity contribution in [1.82, 2.24) is 0 Å². The van der Waals surface area contributed by atoms with Crippen LogP contribution in [0.2, 0.25) is 0 Å². The molecule has 1 rings (SSSR count). The van der Waals surface area contributed by atoms with Crippen LogP contribution in [0.15, 0.2) is 23.8 Å². The average Bonchev–Trinajstić information content (AvgIpc) is 2.03. The second-order valence-electron chi connectivity index (χ2n) is 2.83. The molecule has 0 radical (unpaired) electrons. The Morgan fingerprint density at radius 3 is 3.00 bits per heavy atom. The molecule has 2 heteroatoms. The quantitative estimate of drug-likeness (QED) is 0.642. The van der Waals surface area contributed by atoms with E-state index in [1.165, 1.54) is 0 Å². The van der Waals surface area contributed by atoms with E-state index in [0.29, 0.717) is 6.42 Å². The van der Waals surface area contributed by atoms with Gasteiger partial charge in [0.1, 0.15) is 0 Å². The van der Waals surface area contributed by atoms with E-state index >= 15 is 0 Å². The van der Waals surface area contributed by atoms with E-state index in [4.69, 9.17) is 5.11 Å². The van der Waals surface area contributed by atoms with Crippen molar-refractivity contribution >= 4 is 5.78 Å². The summed E-state index contributed by atoms with van der Waals surface area (Å²) in [5.41, 5.74) is 1.03. The number of aliphatic hydroxyl groups excluding tert-OH is 1. The van der Waals surface area contributed by atoms with Gasteiger partial charge in [0.2, 0.25) is 0 Å². The zero-order chi connectivity index (χ0) is 8.27. The first kappa shape index (κ1) is 8.21. The Labute approximate surface area is 66.2 Å². The van der Waals surface area contributed by atoms with Gasteiger partial charge in [0.05, 0.1) is 0 Å². The van der Waals surface area contributed by atoms with Gasteiger partial charge in [0.25, 0.3) is 0 Å². The number of carbonyl (C=O) groups excluding carboxylic acids is 1. The molecular weight excluding hydrogens is 140 g/mol. The minimum absolute atomic E-state index is 0.115. The molecule has 0 unspecified atom stereocenters. The Morgan fingerprint density at radius 2 is 2.45 bits per heavy atom. The van der Waals surface area contributed by atoms with E-state index in [9.17, 15) is 4.79 Å². The molecule has 0 heterocycles. The van der Waals surface area contributed by atoms with Crippen molar-refractivity contribution in [2.75, 3.05) is 6.61 Å². The monoisotopic (exact) mass is 152 g/mol. The van der Waals surface area contributed by atoms with Crippen LogP contribution in [0.1, 0.15) is 13.3 Å². The zero-order valence-electron chi connectivity index (χ0n) is 6.58. The number of rotatable bonds is 2. The summed E-state index contributed by atoms with van der Waals surface area (Å²) in [7, 11) is 0. The van der Waals surface area contributed by atoms with Gasteiger partial charge in [-0.25, -0.2) is 0 Å². The first-order valence-electron chi connectivity index (χ1n) is 3.75. The molecule has 0 fully saturated rings. The molecule has 0 aliphatic heterocycles. The maximum Gasteiger partial charge on any atom is 0.159 e. The molecule has 2 nitrogen and oxygen atoms in total. The molecule has 11 heavy (non-hydrogen) atoms. The number of hydrogen-bond donors (Lipinski definition) is 1. The van der Waals surface area contributed by atoms with Crippen LogP contribution in [0, 0.1) is 5.92 Å². The topological polar surface area (TPSA) is 37.3 Å². The van der Waals surface area contributed by atoms with Crippen LogP contribution in [-0.4, -0.2) is 17.5 Å². The first-order chi connectivity index (χ1) is 5.24. The lowest BCUT2D eigenvalue weighted by atomic mass is 9.93. The van der Waals surface area contributed by atoms with Gasteiger partial charge in [-0.05, 0) is 6.08 Å². The molecule has 0 saturated carbocycles. The molecule has 1 aliphatic rings. The molecule has 0 aromatic rings. The standard InChI is InChI=1S/C9H12O2/c1-7(6-10)8-3-2-4-9(11)5-8/h2-4,7,10H,5-6H2,1H3/t7-/m1/s1. The number of ketones is 1. The predicted molar refractivity (Wildman–Crippen MR) is 43.1 cm³/mol. The summed E-state index contributed by atoms with van der Waals surface area (Å²) >= 11 is 0. The summed E-state index contributed by atoms with van der Waals surface area (Å²) in [4.78, 5) is 10.9. The third-order valence-electron chi connectivity index (χ3n) is 1.88. The van der Waals surface area contributed by atoms with Gasteiger partial charge in [-0.2, -0.15) is 0 Å². The van der Waals surface area contributed by atoms with Gasteiger partial charge in [0, 0.05) is 18.9 Å². The van der Waals surface area contributed by atoms with Crippen molar-refractivity contribution < 1.29 is 9.90 Å². The highest BCUT2D eigenvalue weighted by Gasteiger charge is 2.12. The Bertz CT molecular complexity index is 214. The van der Waals surface area contributed by atoms with E-state index < -0.39 is 0 Å². The molecule has 0 amide bonds. The largest absolute Gasteiger partial charge is 0.396 e. The Balaban J connectivity index is 2.66. The minimum atomic E-state index is 0.115. The first-order valence-corrected chi connectivity index (χ1v) is 3.75. The summed E-state index contributed by atoms with van der Waals surface area (Å²) in [5, 5.41) is 8.80.